The molecule has 0 saturated carbocycles. The first-order valence-corrected chi connectivity index (χ1v) is 14.8. The van der Waals surface area contributed by atoms with Gasteiger partial charge < -0.3 is 14.8 Å². The minimum absolute atomic E-state index is 0.00444. The Kier molecular flexibility index (Phi) is 11.9. The summed E-state index contributed by atoms with van der Waals surface area (Å²) in [5.41, 5.74) is 4.49. The van der Waals surface area contributed by atoms with E-state index in [2.05, 4.69) is 15.8 Å². The number of carbonyl (C=O) groups excluding carboxylic acids is 2. The van der Waals surface area contributed by atoms with E-state index in [9.17, 15) is 18.0 Å². The van der Waals surface area contributed by atoms with E-state index in [1.807, 2.05) is 44.2 Å². The summed E-state index contributed by atoms with van der Waals surface area (Å²) in [6.45, 7) is 5.92. The van der Waals surface area contributed by atoms with Crippen molar-refractivity contribution < 1.29 is 27.5 Å². The molecule has 3 aromatic rings. The molecular weight excluding hydrogens is 544 g/mol. The summed E-state index contributed by atoms with van der Waals surface area (Å²) in [7, 11) is -4.04. The zero-order valence-electron chi connectivity index (χ0n) is 23.5. The quantitative estimate of drug-likeness (QED) is 0.205. The normalized spacial score (nSPS) is 11.4. The van der Waals surface area contributed by atoms with Crippen LogP contribution in [0.3, 0.4) is 0 Å². The average molecular weight is 581 g/mol. The van der Waals surface area contributed by atoms with Crippen molar-refractivity contribution in [2.75, 3.05) is 31.6 Å². The van der Waals surface area contributed by atoms with Gasteiger partial charge in [-0.05, 0) is 73.4 Å². The van der Waals surface area contributed by atoms with Crippen LogP contribution in [0.25, 0.3) is 0 Å². The first kappa shape index (κ1) is 31.3. The highest BCUT2D eigenvalue weighted by molar-refractivity contribution is 7.89. The van der Waals surface area contributed by atoms with E-state index in [0.717, 1.165) is 16.3 Å². The maximum atomic E-state index is 13.5. The Balaban J connectivity index is 1.73. The van der Waals surface area contributed by atoms with Gasteiger partial charge in [0.25, 0.3) is 5.91 Å². The second kappa shape index (κ2) is 15.5. The van der Waals surface area contributed by atoms with Gasteiger partial charge in [-0.2, -0.15) is 9.41 Å². The molecule has 0 unspecified atom stereocenters. The highest BCUT2D eigenvalue weighted by Gasteiger charge is 2.26. The Hall–Kier alpha value is -4.22. The lowest BCUT2D eigenvalue weighted by atomic mass is 10.1. The van der Waals surface area contributed by atoms with Crippen LogP contribution in [0.5, 0.6) is 11.5 Å². The number of carbonyl (C=O) groups is 2. The molecule has 0 bridgehead atoms. The van der Waals surface area contributed by atoms with E-state index in [0.29, 0.717) is 42.4 Å². The van der Waals surface area contributed by atoms with Gasteiger partial charge >= 0.3 is 0 Å². The van der Waals surface area contributed by atoms with Crippen molar-refractivity contribution >= 4 is 33.7 Å². The largest absolute Gasteiger partial charge is 0.490 e. The predicted octanol–water partition coefficient (Wildman–Crippen LogP) is 4.22. The lowest BCUT2D eigenvalue weighted by molar-refractivity contribution is -0.121. The Morgan fingerprint density at radius 1 is 0.951 bits per heavy atom. The van der Waals surface area contributed by atoms with Gasteiger partial charge in [-0.1, -0.05) is 37.3 Å². The van der Waals surface area contributed by atoms with Crippen LogP contribution in [0, 0.1) is 0 Å². The molecule has 0 aliphatic carbocycles. The van der Waals surface area contributed by atoms with Gasteiger partial charge in [-0.15, -0.1) is 0 Å². The van der Waals surface area contributed by atoms with Gasteiger partial charge in [0.15, 0.2) is 11.5 Å². The molecule has 2 amide bonds. The smallest absolute Gasteiger partial charge is 0.255 e. The van der Waals surface area contributed by atoms with E-state index in [-0.39, 0.29) is 17.3 Å². The van der Waals surface area contributed by atoms with E-state index < -0.39 is 22.5 Å². The lowest BCUT2D eigenvalue weighted by Gasteiger charge is -2.21. The van der Waals surface area contributed by atoms with Crippen molar-refractivity contribution in [2.45, 2.75) is 38.5 Å². The molecule has 41 heavy (non-hydrogen) atoms. The number of rotatable bonds is 15. The van der Waals surface area contributed by atoms with Crippen LogP contribution in [-0.4, -0.2) is 57.1 Å². The molecule has 0 spiro atoms. The number of anilines is 1. The highest BCUT2D eigenvalue weighted by Crippen LogP contribution is 2.28. The van der Waals surface area contributed by atoms with Crippen molar-refractivity contribution in [1.29, 1.82) is 0 Å². The van der Waals surface area contributed by atoms with Crippen molar-refractivity contribution in [3.63, 3.8) is 0 Å². The average Bonchev–Trinajstić information content (AvgIpc) is 2.95. The first-order chi connectivity index (χ1) is 19.7. The van der Waals surface area contributed by atoms with Crippen LogP contribution >= 0.6 is 0 Å². The second-order valence-electron chi connectivity index (χ2n) is 9.06. The van der Waals surface area contributed by atoms with Gasteiger partial charge in [-0.3, -0.25) is 9.59 Å². The Labute approximate surface area is 241 Å². The zero-order valence-corrected chi connectivity index (χ0v) is 24.3. The third-order valence-corrected chi connectivity index (χ3v) is 7.62. The molecule has 218 valence electrons. The third kappa shape index (κ3) is 9.73. The Bertz CT molecular complexity index is 1430. The minimum atomic E-state index is -4.04. The van der Waals surface area contributed by atoms with Crippen molar-refractivity contribution in [1.82, 2.24) is 9.73 Å². The van der Waals surface area contributed by atoms with Crippen molar-refractivity contribution in [3.05, 3.63) is 83.9 Å². The maximum Gasteiger partial charge on any atom is 0.255 e. The van der Waals surface area contributed by atoms with Gasteiger partial charge in [0.05, 0.1) is 30.9 Å². The molecular formula is C30H36N4O6S. The molecule has 0 fully saturated rings. The van der Waals surface area contributed by atoms with Gasteiger partial charge in [0.2, 0.25) is 15.9 Å². The topological polar surface area (TPSA) is 126 Å². The van der Waals surface area contributed by atoms with Crippen LogP contribution in [-0.2, 0) is 26.0 Å². The predicted molar refractivity (Wildman–Crippen MR) is 159 cm³/mol. The molecule has 3 aromatic carbocycles. The molecule has 0 aliphatic rings. The van der Waals surface area contributed by atoms with E-state index in [4.69, 9.17) is 9.47 Å². The monoisotopic (exact) mass is 580 g/mol. The van der Waals surface area contributed by atoms with Crippen LogP contribution in [0.4, 0.5) is 5.69 Å². The van der Waals surface area contributed by atoms with Crippen LogP contribution in [0.2, 0.25) is 0 Å². The molecule has 2 N–H and O–H groups in total. The summed E-state index contributed by atoms with van der Waals surface area (Å²) in [6.07, 6.45) is 2.72. The lowest BCUT2D eigenvalue weighted by Crippen LogP contribution is -2.40. The fraction of sp³-hybridized carbons (Fsp3) is 0.300. The minimum Gasteiger partial charge on any atom is -0.490 e. The number of sulfonamides is 1. The molecule has 11 heteroatoms. The second-order valence-corrected chi connectivity index (χ2v) is 11.0. The standard InChI is InChI=1S/C30H36N4O6S/c1-4-19-40-28-16-11-25(20-29(28)39-5-2)21-31-33-30(36)22-34(18-17-24-9-7-6-8-10-24)41(37,38)27-14-12-26(13-15-27)32-23(3)35/h6-16,20-21H,4-5,17-19,22H2,1-3H3,(H,32,35)(H,33,36)/b31-21-. The zero-order chi connectivity index (χ0) is 29.7. The summed E-state index contributed by atoms with van der Waals surface area (Å²) in [5, 5.41) is 6.63. The summed E-state index contributed by atoms with van der Waals surface area (Å²) in [5.74, 6) is 0.330. The number of hydrogen-bond donors (Lipinski definition) is 2. The number of benzene rings is 3. The number of ether oxygens (including phenoxy) is 2. The molecule has 0 radical (unpaired) electrons. The summed E-state index contributed by atoms with van der Waals surface area (Å²) in [6, 6.07) is 20.5. The highest BCUT2D eigenvalue weighted by atomic mass is 32.2. The molecule has 0 saturated heterocycles. The van der Waals surface area contributed by atoms with Crippen LogP contribution in [0.15, 0.2) is 82.8 Å². The molecule has 3 rings (SSSR count). The number of nitrogens with one attached hydrogen (secondary N) is 2. The van der Waals surface area contributed by atoms with Crippen molar-refractivity contribution in [2.24, 2.45) is 5.10 Å². The molecule has 0 heterocycles. The van der Waals surface area contributed by atoms with Crippen molar-refractivity contribution in [3.8, 4) is 11.5 Å². The molecule has 0 aliphatic heterocycles. The van der Waals surface area contributed by atoms with Gasteiger partial charge in [0.1, 0.15) is 0 Å². The maximum absolute atomic E-state index is 13.5. The Morgan fingerprint density at radius 2 is 1.68 bits per heavy atom. The molecule has 0 aromatic heterocycles. The number of amides is 2. The third-order valence-electron chi connectivity index (χ3n) is 5.76. The molecule has 0 atom stereocenters. The number of nitrogens with zero attached hydrogens (tertiary/aromatic N) is 2. The molecule has 10 nitrogen and oxygen atoms in total. The van der Waals surface area contributed by atoms with Crippen LogP contribution in [0.1, 0.15) is 38.3 Å². The van der Waals surface area contributed by atoms with Gasteiger partial charge in [0, 0.05) is 19.2 Å². The number of hydrazone groups is 1. The summed E-state index contributed by atoms with van der Waals surface area (Å²) in [4.78, 5) is 24.1. The fourth-order valence-corrected chi connectivity index (χ4v) is 5.22. The van der Waals surface area contributed by atoms with E-state index >= 15 is 0 Å². The van der Waals surface area contributed by atoms with E-state index in [1.165, 1.54) is 37.4 Å². The van der Waals surface area contributed by atoms with E-state index in [1.54, 1.807) is 18.2 Å². The summed E-state index contributed by atoms with van der Waals surface area (Å²) >= 11 is 0. The first-order valence-electron chi connectivity index (χ1n) is 13.4. The van der Waals surface area contributed by atoms with Gasteiger partial charge in [-0.25, -0.2) is 13.8 Å². The summed E-state index contributed by atoms with van der Waals surface area (Å²) < 4.78 is 39.5. The number of hydrogen-bond acceptors (Lipinski definition) is 7. The SMILES string of the molecule is CCCOc1ccc(/C=N\NC(=O)CN(CCc2ccccc2)S(=O)(=O)c2ccc(NC(C)=O)cc2)cc1OCC. The Morgan fingerprint density at radius 3 is 2.34 bits per heavy atom. The fourth-order valence-electron chi connectivity index (χ4n) is 3.82. The van der Waals surface area contributed by atoms with Crippen LogP contribution < -0.4 is 20.2 Å².